The van der Waals surface area contributed by atoms with Crippen LogP contribution in [0, 0.1) is 10.1 Å². The van der Waals surface area contributed by atoms with E-state index in [1.807, 2.05) is 11.8 Å². The molecule has 0 heterocycles. The van der Waals surface area contributed by atoms with Gasteiger partial charge in [0.1, 0.15) is 0 Å². The SMILES string of the molecule is CCSC1CCCC1NCc1c(Cl)cccc1[N+](=O)[O-]. The van der Waals surface area contributed by atoms with Crippen molar-refractivity contribution in [2.45, 2.75) is 44.0 Å². The second kappa shape index (κ2) is 7.29. The van der Waals surface area contributed by atoms with Gasteiger partial charge in [-0.3, -0.25) is 10.1 Å². The highest BCUT2D eigenvalue weighted by Gasteiger charge is 2.27. The lowest BCUT2D eigenvalue weighted by atomic mass is 10.1. The Morgan fingerprint density at radius 2 is 2.30 bits per heavy atom. The van der Waals surface area contributed by atoms with Crippen LogP contribution in [0.1, 0.15) is 31.7 Å². The first-order valence-electron chi connectivity index (χ1n) is 6.90. The quantitative estimate of drug-likeness (QED) is 0.636. The van der Waals surface area contributed by atoms with Crippen molar-refractivity contribution in [1.29, 1.82) is 0 Å². The summed E-state index contributed by atoms with van der Waals surface area (Å²) in [7, 11) is 0. The fourth-order valence-electron chi connectivity index (χ4n) is 2.70. The van der Waals surface area contributed by atoms with Crippen LogP contribution in [0.3, 0.4) is 0 Å². The van der Waals surface area contributed by atoms with E-state index in [1.54, 1.807) is 12.1 Å². The lowest BCUT2D eigenvalue weighted by Gasteiger charge is -2.20. The summed E-state index contributed by atoms with van der Waals surface area (Å²) in [6.45, 7) is 2.63. The first-order valence-corrected chi connectivity index (χ1v) is 8.33. The van der Waals surface area contributed by atoms with E-state index in [4.69, 9.17) is 11.6 Å². The number of halogens is 1. The molecule has 0 spiro atoms. The van der Waals surface area contributed by atoms with Crippen LogP contribution in [0.5, 0.6) is 0 Å². The number of hydrogen-bond acceptors (Lipinski definition) is 4. The molecule has 2 rings (SSSR count). The van der Waals surface area contributed by atoms with Crippen molar-refractivity contribution in [2.75, 3.05) is 5.75 Å². The topological polar surface area (TPSA) is 55.2 Å². The maximum absolute atomic E-state index is 11.1. The Morgan fingerprint density at radius 1 is 1.50 bits per heavy atom. The summed E-state index contributed by atoms with van der Waals surface area (Å²) in [4.78, 5) is 10.7. The normalized spacial score (nSPS) is 22.1. The molecule has 6 heteroatoms. The Morgan fingerprint density at radius 3 is 3.00 bits per heavy atom. The fraction of sp³-hybridized carbons (Fsp3) is 0.571. The molecule has 0 amide bonds. The zero-order valence-electron chi connectivity index (χ0n) is 11.5. The zero-order valence-corrected chi connectivity index (χ0v) is 13.0. The third-order valence-electron chi connectivity index (χ3n) is 3.67. The zero-order chi connectivity index (χ0) is 14.5. The van der Waals surface area contributed by atoms with Gasteiger partial charge < -0.3 is 5.32 Å². The van der Waals surface area contributed by atoms with Gasteiger partial charge in [-0.2, -0.15) is 11.8 Å². The lowest BCUT2D eigenvalue weighted by molar-refractivity contribution is -0.385. The van der Waals surface area contributed by atoms with Crippen LogP contribution in [0.4, 0.5) is 5.69 Å². The molecule has 0 radical (unpaired) electrons. The van der Waals surface area contributed by atoms with Crippen LogP contribution in [0.2, 0.25) is 5.02 Å². The molecule has 1 fully saturated rings. The molecule has 4 nitrogen and oxygen atoms in total. The van der Waals surface area contributed by atoms with Crippen molar-refractivity contribution in [3.05, 3.63) is 38.9 Å². The van der Waals surface area contributed by atoms with Gasteiger partial charge in [0.05, 0.1) is 15.5 Å². The van der Waals surface area contributed by atoms with Gasteiger partial charge in [-0.1, -0.05) is 31.0 Å². The van der Waals surface area contributed by atoms with Crippen molar-refractivity contribution in [1.82, 2.24) is 5.32 Å². The number of benzene rings is 1. The van der Waals surface area contributed by atoms with Crippen molar-refractivity contribution in [3.63, 3.8) is 0 Å². The predicted molar refractivity (Wildman–Crippen MR) is 84.5 cm³/mol. The van der Waals surface area contributed by atoms with Crippen molar-refractivity contribution < 1.29 is 4.92 Å². The molecule has 0 bridgehead atoms. The summed E-state index contributed by atoms with van der Waals surface area (Å²) < 4.78 is 0. The molecule has 2 unspecified atom stereocenters. The number of nitro benzene ring substituents is 1. The average molecular weight is 315 g/mol. The number of hydrogen-bond donors (Lipinski definition) is 1. The highest BCUT2D eigenvalue weighted by atomic mass is 35.5. The summed E-state index contributed by atoms with van der Waals surface area (Å²) in [6, 6.07) is 5.26. The van der Waals surface area contributed by atoms with Crippen molar-refractivity contribution >= 4 is 29.1 Å². The predicted octanol–water partition coefficient (Wildman–Crippen LogP) is 4.01. The molecule has 110 valence electrons. The van der Waals surface area contributed by atoms with Gasteiger partial charge in [0, 0.05) is 23.9 Å². The highest BCUT2D eigenvalue weighted by Crippen LogP contribution is 2.31. The largest absolute Gasteiger partial charge is 0.309 e. The third-order valence-corrected chi connectivity index (χ3v) is 5.34. The van der Waals surface area contributed by atoms with E-state index in [-0.39, 0.29) is 10.6 Å². The van der Waals surface area contributed by atoms with Crippen LogP contribution in [0.25, 0.3) is 0 Å². The highest BCUT2D eigenvalue weighted by molar-refractivity contribution is 7.99. The van der Waals surface area contributed by atoms with E-state index in [0.29, 0.717) is 28.4 Å². The summed E-state index contributed by atoms with van der Waals surface area (Å²) in [5.41, 5.74) is 0.689. The van der Waals surface area contributed by atoms with Crippen LogP contribution < -0.4 is 5.32 Å². The Labute approximate surface area is 128 Å². The van der Waals surface area contributed by atoms with Gasteiger partial charge >= 0.3 is 0 Å². The second-order valence-electron chi connectivity index (χ2n) is 4.91. The van der Waals surface area contributed by atoms with Crippen LogP contribution >= 0.6 is 23.4 Å². The first-order chi connectivity index (χ1) is 9.63. The van der Waals surface area contributed by atoms with Gasteiger partial charge in [-0.05, 0) is 24.7 Å². The molecular formula is C14H19ClN2O2S. The van der Waals surface area contributed by atoms with Crippen LogP contribution in [0.15, 0.2) is 18.2 Å². The van der Waals surface area contributed by atoms with E-state index in [2.05, 4.69) is 12.2 Å². The Kier molecular flexibility index (Phi) is 5.69. The smallest absolute Gasteiger partial charge is 0.275 e. The van der Waals surface area contributed by atoms with Gasteiger partial charge in [-0.15, -0.1) is 0 Å². The average Bonchev–Trinajstić information content (AvgIpc) is 2.85. The minimum absolute atomic E-state index is 0.0997. The number of nitrogens with zero attached hydrogens (tertiary/aromatic N) is 1. The minimum Gasteiger partial charge on any atom is -0.309 e. The molecule has 0 saturated heterocycles. The molecule has 1 aliphatic rings. The van der Waals surface area contributed by atoms with Crippen LogP contribution in [-0.2, 0) is 6.54 Å². The summed E-state index contributed by atoms with van der Waals surface area (Å²) in [5, 5.41) is 15.6. The van der Waals surface area contributed by atoms with Gasteiger partial charge in [0.2, 0.25) is 0 Å². The maximum Gasteiger partial charge on any atom is 0.275 e. The van der Waals surface area contributed by atoms with Crippen molar-refractivity contribution in [3.8, 4) is 0 Å². The molecule has 1 N–H and O–H groups in total. The molecule has 20 heavy (non-hydrogen) atoms. The summed E-state index contributed by atoms with van der Waals surface area (Å²) in [5.74, 6) is 1.11. The first kappa shape index (κ1) is 15.6. The molecular weight excluding hydrogens is 296 g/mol. The molecule has 1 saturated carbocycles. The monoisotopic (exact) mass is 314 g/mol. The number of nitro groups is 1. The lowest BCUT2D eigenvalue weighted by Crippen LogP contribution is -2.34. The van der Waals surface area contributed by atoms with E-state index in [9.17, 15) is 10.1 Å². The Balaban J connectivity index is 2.05. The second-order valence-corrected chi connectivity index (χ2v) is 6.83. The number of rotatable bonds is 6. The molecule has 0 aromatic heterocycles. The minimum atomic E-state index is -0.365. The van der Waals surface area contributed by atoms with Crippen LogP contribution in [-0.4, -0.2) is 22.0 Å². The number of thioether (sulfide) groups is 1. The van der Waals surface area contributed by atoms with Gasteiger partial charge in [0.25, 0.3) is 5.69 Å². The van der Waals surface area contributed by atoms with E-state index >= 15 is 0 Å². The van der Waals surface area contributed by atoms with E-state index in [0.717, 1.165) is 12.2 Å². The van der Waals surface area contributed by atoms with Gasteiger partial charge in [-0.25, -0.2) is 0 Å². The maximum atomic E-state index is 11.1. The van der Waals surface area contributed by atoms with Gasteiger partial charge in [0.15, 0.2) is 0 Å². The molecule has 1 aromatic carbocycles. The molecule has 1 aliphatic carbocycles. The molecule has 1 aromatic rings. The number of nitrogens with one attached hydrogen (secondary N) is 1. The summed E-state index contributed by atoms with van der Waals surface area (Å²) >= 11 is 8.07. The third kappa shape index (κ3) is 3.65. The Hall–Kier alpha value is -0.780. The molecule has 0 aliphatic heterocycles. The van der Waals surface area contributed by atoms with E-state index < -0.39 is 0 Å². The Bertz CT molecular complexity index is 484. The standard InChI is InChI=1S/C14H19ClN2O2S/c1-2-20-14-8-4-6-12(14)16-9-10-11(15)5-3-7-13(10)17(18)19/h3,5,7,12,14,16H,2,4,6,8-9H2,1H3. The molecule has 2 atom stereocenters. The van der Waals surface area contributed by atoms with E-state index in [1.165, 1.54) is 18.9 Å². The fourth-order valence-corrected chi connectivity index (χ4v) is 4.16. The summed E-state index contributed by atoms with van der Waals surface area (Å²) in [6.07, 6.45) is 3.58. The van der Waals surface area contributed by atoms with Crippen molar-refractivity contribution in [2.24, 2.45) is 0 Å².